The molecule has 1 aliphatic heterocycles. The molecule has 0 spiro atoms. The van der Waals surface area contributed by atoms with E-state index in [9.17, 15) is 9.59 Å². The minimum absolute atomic E-state index is 0.132. The van der Waals surface area contributed by atoms with Gasteiger partial charge in [-0.1, -0.05) is 6.07 Å². The fraction of sp³-hybridized carbons (Fsp3) is 0.261. The summed E-state index contributed by atoms with van der Waals surface area (Å²) in [4.78, 5) is 39.7. The molecule has 2 amide bonds. The van der Waals surface area contributed by atoms with Gasteiger partial charge in [0.1, 0.15) is 6.61 Å². The molecule has 31 heavy (non-hydrogen) atoms. The highest BCUT2D eigenvalue weighted by molar-refractivity contribution is 5.99. The summed E-state index contributed by atoms with van der Waals surface area (Å²) in [5, 5.41) is 2.87. The lowest BCUT2D eigenvalue weighted by atomic mass is 10.0. The quantitative estimate of drug-likeness (QED) is 0.683. The van der Waals surface area contributed by atoms with E-state index in [1.807, 2.05) is 39.0 Å². The van der Waals surface area contributed by atoms with Crippen LogP contribution in [-0.4, -0.2) is 39.6 Å². The second-order valence-corrected chi connectivity index (χ2v) is 7.62. The number of carbonyl (C=O) groups excluding carboxylic acids is 2. The molecule has 8 nitrogen and oxygen atoms in total. The molecule has 2 aromatic heterocycles. The van der Waals surface area contributed by atoms with Crippen LogP contribution in [-0.2, 0) is 11.3 Å². The van der Waals surface area contributed by atoms with Crippen molar-refractivity contribution in [3.05, 3.63) is 71.4 Å². The average molecular weight is 417 g/mol. The number of ether oxygens (including phenoxy) is 1. The van der Waals surface area contributed by atoms with Crippen LogP contribution >= 0.6 is 0 Å². The smallest absolute Gasteiger partial charge is 0.414 e. The number of aromatic nitrogens is 3. The van der Waals surface area contributed by atoms with Gasteiger partial charge < -0.3 is 10.1 Å². The van der Waals surface area contributed by atoms with E-state index in [4.69, 9.17) is 4.74 Å². The predicted molar refractivity (Wildman–Crippen MR) is 116 cm³/mol. The normalized spacial score (nSPS) is 15.6. The molecular weight excluding hydrogens is 394 g/mol. The summed E-state index contributed by atoms with van der Waals surface area (Å²) in [6.07, 6.45) is 4.63. The van der Waals surface area contributed by atoms with E-state index in [0.29, 0.717) is 29.2 Å². The third-order valence-corrected chi connectivity index (χ3v) is 5.02. The lowest BCUT2D eigenvalue weighted by molar-refractivity contribution is 0.0950. The highest BCUT2D eigenvalue weighted by atomic mass is 16.6. The Morgan fingerprint density at radius 2 is 1.97 bits per heavy atom. The van der Waals surface area contributed by atoms with E-state index >= 15 is 0 Å². The molecule has 1 atom stereocenters. The van der Waals surface area contributed by atoms with Gasteiger partial charge in [0.2, 0.25) is 0 Å². The summed E-state index contributed by atoms with van der Waals surface area (Å²) in [6, 6.07) is 9.03. The molecule has 0 bridgehead atoms. The lowest BCUT2D eigenvalue weighted by Crippen LogP contribution is -2.31. The van der Waals surface area contributed by atoms with Gasteiger partial charge in [-0.2, -0.15) is 0 Å². The molecule has 3 heterocycles. The number of pyridine rings is 1. The zero-order valence-corrected chi connectivity index (χ0v) is 17.6. The number of carbonyl (C=O) groups is 2. The molecular formula is C23H23N5O3. The number of cyclic esters (lactones) is 1. The van der Waals surface area contributed by atoms with Gasteiger partial charge in [-0.25, -0.2) is 4.79 Å². The van der Waals surface area contributed by atoms with Gasteiger partial charge >= 0.3 is 6.09 Å². The van der Waals surface area contributed by atoms with Crippen LogP contribution in [0, 0.1) is 13.8 Å². The molecule has 1 saturated heterocycles. The summed E-state index contributed by atoms with van der Waals surface area (Å²) in [5.41, 5.74) is 4.97. The van der Waals surface area contributed by atoms with E-state index in [1.54, 1.807) is 35.6 Å². The Bertz CT molecular complexity index is 1110. The molecule has 0 aliphatic carbocycles. The summed E-state index contributed by atoms with van der Waals surface area (Å²) >= 11 is 0. The van der Waals surface area contributed by atoms with Crippen molar-refractivity contribution < 1.29 is 14.3 Å². The molecule has 3 aromatic rings. The fourth-order valence-electron chi connectivity index (χ4n) is 3.33. The van der Waals surface area contributed by atoms with Gasteiger partial charge in [-0.05, 0) is 50.6 Å². The topological polar surface area (TPSA) is 97.3 Å². The van der Waals surface area contributed by atoms with Gasteiger partial charge in [0.15, 0.2) is 0 Å². The van der Waals surface area contributed by atoms with Gasteiger partial charge in [0.25, 0.3) is 5.91 Å². The Balaban J connectivity index is 1.66. The second-order valence-electron chi connectivity index (χ2n) is 7.62. The first-order valence-electron chi connectivity index (χ1n) is 10.0. The van der Waals surface area contributed by atoms with Gasteiger partial charge in [-0.3, -0.25) is 24.6 Å². The Kier molecular flexibility index (Phi) is 5.62. The van der Waals surface area contributed by atoms with E-state index < -0.39 is 6.09 Å². The zero-order chi connectivity index (χ0) is 22.0. The molecule has 1 N–H and O–H groups in total. The summed E-state index contributed by atoms with van der Waals surface area (Å²) in [5.74, 6) is -0.280. The van der Waals surface area contributed by atoms with Gasteiger partial charge in [-0.15, -0.1) is 0 Å². The Labute approximate surface area is 180 Å². The maximum Gasteiger partial charge on any atom is 0.414 e. The van der Waals surface area contributed by atoms with Crippen molar-refractivity contribution in [2.24, 2.45) is 0 Å². The number of nitrogens with zero attached hydrogens (tertiary/aromatic N) is 4. The summed E-state index contributed by atoms with van der Waals surface area (Å²) in [7, 11) is 0. The van der Waals surface area contributed by atoms with Crippen molar-refractivity contribution in [2.45, 2.75) is 33.4 Å². The standard InChI is InChI=1S/C23H23N5O3/c1-14-4-5-21(26-9-14)17-6-18(8-20(7-17)28-16(3)13-31-23(28)30)22(29)27-12-19-11-24-15(2)10-25-19/h4-11,16H,12-13H2,1-3H3,(H,27,29). The number of anilines is 1. The SMILES string of the molecule is Cc1ccc(-c2cc(C(=O)NCc3cnc(C)cn3)cc(N3C(=O)OCC3C)c2)nc1. The summed E-state index contributed by atoms with van der Waals surface area (Å²) < 4.78 is 5.16. The van der Waals surface area contributed by atoms with Crippen molar-refractivity contribution in [3.63, 3.8) is 0 Å². The van der Waals surface area contributed by atoms with E-state index in [-0.39, 0.29) is 18.5 Å². The highest BCUT2D eigenvalue weighted by Gasteiger charge is 2.31. The number of amides is 2. The largest absolute Gasteiger partial charge is 0.447 e. The number of rotatable bonds is 5. The molecule has 1 aliphatic rings. The average Bonchev–Trinajstić information content (AvgIpc) is 3.11. The third-order valence-electron chi connectivity index (χ3n) is 5.02. The van der Waals surface area contributed by atoms with E-state index in [2.05, 4.69) is 20.3 Å². The Morgan fingerprint density at radius 3 is 2.61 bits per heavy atom. The van der Waals surface area contributed by atoms with Crippen LogP contribution in [0.1, 0.15) is 34.2 Å². The second kappa shape index (κ2) is 8.51. The van der Waals surface area contributed by atoms with Gasteiger partial charge in [0, 0.05) is 29.2 Å². The van der Waals surface area contributed by atoms with Crippen molar-refractivity contribution >= 4 is 17.7 Å². The van der Waals surface area contributed by atoms with Crippen LogP contribution in [0.25, 0.3) is 11.3 Å². The lowest BCUT2D eigenvalue weighted by Gasteiger charge is -2.20. The molecule has 8 heteroatoms. The molecule has 1 fully saturated rings. The number of nitrogens with one attached hydrogen (secondary N) is 1. The maximum atomic E-state index is 12.9. The Morgan fingerprint density at radius 1 is 1.13 bits per heavy atom. The molecule has 1 aromatic carbocycles. The first kappa shape index (κ1) is 20.5. The number of aryl methyl sites for hydroxylation is 2. The third kappa shape index (κ3) is 4.53. The van der Waals surface area contributed by atoms with Crippen LogP contribution in [0.2, 0.25) is 0 Å². The molecule has 158 valence electrons. The predicted octanol–water partition coefficient (Wildman–Crippen LogP) is 3.43. The van der Waals surface area contributed by atoms with Crippen molar-refractivity contribution in [2.75, 3.05) is 11.5 Å². The Hall–Kier alpha value is -3.81. The van der Waals surface area contributed by atoms with E-state index in [1.165, 1.54) is 0 Å². The van der Waals surface area contributed by atoms with Crippen molar-refractivity contribution in [3.8, 4) is 11.3 Å². The molecule has 0 saturated carbocycles. The van der Waals surface area contributed by atoms with Crippen LogP contribution in [0.5, 0.6) is 0 Å². The summed E-state index contributed by atoms with van der Waals surface area (Å²) in [6.45, 7) is 6.27. The van der Waals surface area contributed by atoms with Crippen LogP contribution < -0.4 is 10.2 Å². The maximum absolute atomic E-state index is 12.9. The molecule has 4 rings (SSSR count). The van der Waals surface area contributed by atoms with Crippen LogP contribution in [0.15, 0.2) is 48.9 Å². The van der Waals surface area contributed by atoms with E-state index in [0.717, 1.165) is 16.8 Å². The molecule has 0 radical (unpaired) electrons. The number of benzene rings is 1. The number of hydrogen-bond donors (Lipinski definition) is 1. The fourth-order valence-corrected chi connectivity index (χ4v) is 3.33. The van der Waals surface area contributed by atoms with Crippen LogP contribution in [0.3, 0.4) is 0 Å². The van der Waals surface area contributed by atoms with Gasteiger partial charge in [0.05, 0.1) is 35.9 Å². The monoisotopic (exact) mass is 417 g/mol. The van der Waals surface area contributed by atoms with Crippen LogP contribution in [0.4, 0.5) is 10.5 Å². The zero-order valence-electron chi connectivity index (χ0n) is 17.6. The van der Waals surface area contributed by atoms with Crippen molar-refractivity contribution in [1.82, 2.24) is 20.3 Å². The first-order valence-corrected chi connectivity index (χ1v) is 10.0. The minimum atomic E-state index is -0.428. The number of hydrogen-bond acceptors (Lipinski definition) is 6. The highest BCUT2D eigenvalue weighted by Crippen LogP contribution is 2.30. The minimum Gasteiger partial charge on any atom is -0.447 e. The first-order chi connectivity index (χ1) is 14.9. The molecule has 1 unspecified atom stereocenters. The van der Waals surface area contributed by atoms with Crippen molar-refractivity contribution in [1.29, 1.82) is 0 Å².